The van der Waals surface area contributed by atoms with Gasteiger partial charge in [0, 0.05) is 18.7 Å². The molecule has 2 N–H and O–H groups in total. The van der Waals surface area contributed by atoms with E-state index in [9.17, 15) is 0 Å². The number of ether oxygens (including phenoxy) is 2. The second-order valence-corrected chi connectivity index (χ2v) is 3.52. The van der Waals surface area contributed by atoms with Gasteiger partial charge in [0.1, 0.15) is 5.75 Å². The molecule has 1 aliphatic rings. The minimum Gasteiger partial charge on any atom is -0.467 e. The number of nitrogens with two attached hydrogens (primary N) is 1. The number of fused-ring (bicyclic) bond motifs is 1. The molecule has 3 nitrogen and oxygen atoms in total. The van der Waals surface area contributed by atoms with Crippen LogP contribution in [0.4, 0.5) is 0 Å². The molecule has 76 valence electrons. The molecule has 0 spiro atoms. The Balaban J connectivity index is 2.27. The van der Waals surface area contributed by atoms with E-state index < -0.39 is 0 Å². The summed E-state index contributed by atoms with van der Waals surface area (Å²) >= 11 is 0. The zero-order chi connectivity index (χ0) is 9.97. The molecule has 2 rings (SSSR count). The Hall–Kier alpha value is -1.06. The predicted molar refractivity (Wildman–Crippen MR) is 54.2 cm³/mol. The minimum atomic E-state index is 0.123. The van der Waals surface area contributed by atoms with Gasteiger partial charge >= 0.3 is 0 Å². The van der Waals surface area contributed by atoms with Crippen molar-refractivity contribution in [1.82, 2.24) is 0 Å². The molecule has 1 aromatic carbocycles. The molecular formula is C11H15NO2. The lowest BCUT2D eigenvalue weighted by Gasteiger charge is -2.12. The SMILES string of the molecule is COCOc1cccc2c1[C@H](N)CC2. The third-order valence-electron chi connectivity index (χ3n) is 2.58. The number of methoxy groups -OCH3 is 1. The highest BCUT2D eigenvalue weighted by molar-refractivity contribution is 5.45. The van der Waals surface area contributed by atoms with Gasteiger partial charge in [-0.3, -0.25) is 0 Å². The summed E-state index contributed by atoms with van der Waals surface area (Å²) in [5.41, 5.74) is 8.47. The largest absolute Gasteiger partial charge is 0.467 e. The monoisotopic (exact) mass is 193 g/mol. The third kappa shape index (κ3) is 1.61. The summed E-state index contributed by atoms with van der Waals surface area (Å²) in [4.78, 5) is 0. The van der Waals surface area contributed by atoms with Crippen molar-refractivity contribution in [1.29, 1.82) is 0 Å². The molecule has 0 heterocycles. The van der Waals surface area contributed by atoms with Crippen LogP contribution in [0.2, 0.25) is 0 Å². The smallest absolute Gasteiger partial charge is 0.188 e. The molecule has 0 radical (unpaired) electrons. The molecular weight excluding hydrogens is 178 g/mol. The standard InChI is InChI=1S/C11H15NO2/c1-13-7-14-10-4-2-3-8-5-6-9(12)11(8)10/h2-4,9H,5-7,12H2,1H3/t9-/m1/s1. The van der Waals surface area contributed by atoms with E-state index in [0.717, 1.165) is 24.2 Å². The van der Waals surface area contributed by atoms with E-state index in [2.05, 4.69) is 6.07 Å². The second-order valence-electron chi connectivity index (χ2n) is 3.52. The van der Waals surface area contributed by atoms with Crippen molar-refractivity contribution >= 4 is 0 Å². The molecule has 3 heteroatoms. The van der Waals surface area contributed by atoms with Gasteiger partial charge in [0.2, 0.25) is 0 Å². The van der Waals surface area contributed by atoms with Crippen LogP contribution in [0.1, 0.15) is 23.6 Å². The number of hydrogen-bond acceptors (Lipinski definition) is 3. The molecule has 0 bridgehead atoms. The van der Waals surface area contributed by atoms with Crippen molar-refractivity contribution in [3.8, 4) is 5.75 Å². The highest BCUT2D eigenvalue weighted by atomic mass is 16.7. The normalized spacial score (nSPS) is 19.4. The summed E-state index contributed by atoms with van der Waals surface area (Å²) < 4.78 is 10.3. The average Bonchev–Trinajstić information content (AvgIpc) is 2.58. The van der Waals surface area contributed by atoms with Gasteiger partial charge in [0.15, 0.2) is 6.79 Å². The Morgan fingerprint density at radius 3 is 3.14 bits per heavy atom. The summed E-state index contributed by atoms with van der Waals surface area (Å²) in [5, 5.41) is 0. The van der Waals surface area contributed by atoms with Crippen molar-refractivity contribution in [2.45, 2.75) is 18.9 Å². The fraction of sp³-hybridized carbons (Fsp3) is 0.455. The van der Waals surface area contributed by atoms with Crippen molar-refractivity contribution in [2.24, 2.45) is 5.73 Å². The van der Waals surface area contributed by atoms with Crippen LogP contribution in [-0.4, -0.2) is 13.9 Å². The highest BCUT2D eigenvalue weighted by Crippen LogP contribution is 2.36. The molecule has 0 fully saturated rings. The number of rotatable bonds is 3. The fourth-order valence-corrected chi connectivity index (χ4v) is 1.93. The van der Waals surface area contributed by atoms with Gasteiger partial charge in [-0.1, -0.05) is 12.1 Å². The first kappa shape index (κ1) is 9.49. The van der Waals surface area contributed by atoms with Crippen LogP contribution in [0.3, 0.4) is 0 Å². The van der Waals surface area contributed by atoms with E-state index in [1.807, 2.05) is 12.1 Å². The van der Waals surface area contributed by atoms with Gasteiger partial charge in [0.25, 0.3) is 0 Å². The number of hydrogen-bond donors (Lipinski definition) is 1. The topological polar surface area (TPSA) is 44.5 Å². The molecule has 0 amide bonds. The van der Waals surface area contributed by atoms with Crippen molar-refractivity contribution in [3.05, 3.63) is 29.3 Å². The lowest BCUT2D eigenvalue weighted by molar-refractivity contribution is 0.0502. The van der Waals surface area contributed by atoms with Crippen LogP contribution in [-0.2, 0) is 11.2 Å². The molecule has 1 atom stereocenters. The fourth-order valence-electron chi connectivity index (χ4n) is 1.93. The van der Waals surface area contributed by atoms with E-state index in [1.54, 1.807) is 7.11 Å². The minimum absolute atomic E-state index is 0.123. The Labute approximate surface area is 83.8 Å². The Morgan fingerprint density at radius 1 is 1.50 bits per heavy atom. The van der Waals surface area contributed by atoms with Crippen molar-refractivity contribution < 1.29 is 9.47 Å². The Bertz CT molecular complexity index is 325. The maximum Gasteiger partial charge on any atom is 0.188 e. The first-order valence-electron chi connectivity index (χ1n) is 4.82. The first-order valence-corrected chi connectivity index (χ1v) is 4.82. The summed E-state index contributed by atoms with van der Waals surface area (Å²) in [6.45, 7) is 0.281. The van der Waals surface area contributed by atoms with E-state index in [4.69, 9.17) is 15.2 Å². The average molecular weight is 193 g/mol. The Morgan fingerprint density at radius 2 is 2.36 bits per heavy atom. The van der Waals surface area contributed by atoms with E-state index in [0.29, 0.717) is 0 Å². The molecule has 14 heavy (non-hydrogen) atoms. The van der Waals surface area contributed by atoms with Crippen LogP contribution in [0.15, 0.2) is 18.2 Å². The molecule has 1 aromatic rings. The zero-order valence-corrected chi connectivity index (χ0v) is 8.32. The maximum atomic E-state index is 6.00. The van der Waals surface area contributed by atoms with Gasteiger partial charge in [-0.2, -0.15) is 0 Å². The third-order valence-corrected chi connectivity index (χ3v) is 2.58. The quantitative estimate of drug-likeness (QED) is 0.742. The van der Waals surface area contributed by atoms with Crippen LogP contribution >= 0.6 is 0 Å². The molecule has 0 unspecified atom stereocenters. The molecule has 1 aliphatic carbocycles. The van der Waals surface area contributed by atoms with Gasteiger partial charge in [-0.25, -0.2) is 0 Å². The van der Waals surface area contributed by atoms with Gasteiger partial charge < -0.3 is 15.2 Å². The van der Waals surface area contributed by atoms with Crippen LogP contribution in [0.25, 0.3) is 0 Å². The summed E-state index contributed by atoms with van der Waals surface area (Å²) in [6.07, 6.45) is 2.07. The molecule has 0 saturated carbocycles. The number of aryl methyl sites for hydroxylation is 1. The summed E-state index contributed by atoms with van der Waals surface area (Å²) in [5.74, 6) is 0.870. The predicted octanol–water partition coefficient (Wildman–Crippen LogP) is 1.62. The van der Waals surface area contributed by atoms with E-state index >= 15 is 0 Å². The second kappa shape index (κ2) is 3.98. The molecule has 0 aliphatic heterocycles. The molecule has 0 aromatic heterocycles. The van der Waals surface area contributed by atoms with Gasteiger partial charge in [-0.05, 0) is 24.5 Å². The van der Waals surface area contributed by atoms with E-state index in [1.165, 1.54) is 5.56 Å². The maximum absolute atomic E-state index is 6.00. The van der Waals surface area contributed by atoms with Crippen molar-refractivity contribution in [2.75, 3.05) is 13.9 Å². The van der Waals surface area contributed by atoms with Crippen LogP contribution < -0.4 is 10.5 Å². The first-order chi connectivity index (χ1) is 6.83. The highest BCUT2D eigenvalue weighted by Gasteiger charge is 2.22. The summed E-state index contributed by atoms with van der Waals surface area (Å²) in [7, 11) is 1.61. The van der Waals surface area contributed by atoms with E-state index in [-0.39, 0.29) is 12.8 Å². The number of benzene rings is 1. The summed E-state index contributed by atoms with van der Waals surface area (Å²) in [6, 6.07) is 6.19. The van der Waals surface area contributed by atoms with Crippen LogP contribution in [0.5, 0.6) is 5.75 Å². The van der Waals surface area contributed by atoms with Crippen molar-refractivity contribution in [3.63, 3.8) is 0 Å². The lowest BCUT2D eigenvalue weighted by atomic mass is 10.1. The Kier molecular flexibility index (Phi) is 2.70. The zero-order valence-electron chi connectivity index (χ0n) is 8.32. The lowest BCUT2D eigenvalue weighted by Crippen LogP contribution is -2.09. The van der Waals surface area contributed by atoms with Gasteiger partial charge in [-0.15, -0.1) is 0 Å². The van der Waals surface area contributed by atoms with Gasteiger partial charge in [0.05, 0.1) is 0 Å². The molecule has 0 saturated heterocycles. The van der Waals surface area contributed by atoms with Crippen LogP contribution in [0, 0.1) is 0 Å².